The molecule has 5 heteroatoms. The Balaban J connectivity index is 2.41. The molecule has 0 fully saturated rings. The van der Waals surface area contributed by atoms with Gasteiger partial charge in [0.1, 0.15) is 11.9 Å². The standard InChI is InChI=1S/C14H11ClF2O2/c1-19-12-6-5-8(7-11(12)17)14(18)9-3-2-4-10(16)13(9)15/h2-7,14,18H,1H3. The second-order valence-corrected chi connectivity index (χ2v) is 4.32. The zero-order valence-electron chi connectivity index (χ0n) is 10.0. The van der Waals surface area contributed by atoms with Gasteiger partial charge in [0.05, 0.1) is 12.1 Å². The molecule has 0 amide bonds. The van der Waals surface area contributed by atoms with E-state index in [1.165, 1.54) is 37.4 Å². The van der Waals surface area contributed by atoms with Crippen LogP contribution in [0.1, 0.15) is 17.2 Å². The van der Waals surface area contributed by atoms with Crippen LogP contribution in [0.25, 0.3) is 0 Å². The Kier molecular flexibility index (Phi) is 4.02. The zero-order valence-corrected chi connectivity index (χ0v) is 10.8. The van der Waals surface area contributed by atoms with E-state index in [-0.39, 0.29) is 21.9 Å². The van der Waals surface area contributed by atoms with Crippen LogP contribution in [-0.4, -0.2) is 12.2 Å². The van der Waals surface area contributed by atoms with E-state index >= 15 is 0 Å². The third-order valence-electron chi connectivity index (χ3n) is 2.77. The first-order valence-corrected chi connectivity index (χ1v) is 5.87. The molecule has 2 aromatic carbocycles. The second-order valence-electron chi connectivity index (χ2n) is 3.94. The third kappa shape index (κ3) is 2.69. The molecule has 2 rings (SSSR count). The van der Waals surface area contributed by atoms with Gasteiger partial charge in [0, 0.05) is 5.56 Å². The van der Waals surface area contributed by atoms with E-state index in [0.29, 0.717) is 0 Å². The van der Waals surface area contributed by atoms with Crippen molar-refractivity contribution in [2.24, 2.45) is 0 Å². The fraction of sp³-hybridized carbons (Fsp3) is 0.143. The van der Waals surface area contributed by atoms with Crippen molar-refractivity contribution in [1.82, 2.24) is 0 Å². The molecule has 0 aromatic heterocycles. The fourth-order valence-electron chi connectivity index (χ4n) is 1.76. The van der Waals surface area contributed by atoms with Crippen LogP contribution in [-0.2, 0) is 0 Å². The number of aliphatic hydroxyl groups excluding tert-OH is 1. The molecule has 0 aliphatic rings. The molecule has 0 bridgehead atoms. The van der Waals surface area contributed by atoms with Gasteiger partial charge in [-0.05, 0) is 23.8 Å². The normalized spacial score (nSPS) is 12.3. The van der Waals surface area contributed by atoms with Gasteiger partial charge >= 0.3 is 0 Å². The molecule has 19 heavy (non-hydrogen) atoms. The number of rotatable bonds is 3. The first-order chi connectivity index (χ1) is 9.04. The Morgan fingerprint density at radius 1 is 1.16 bits per heavy atom. The molecule has 0 saturated heterocycles. The topological polar surface area (TPSA) is 29.5 Å². The van der Waals surface area contributed by atoms with Crippen molar-refractivity contribution in [3.05, 3.63) is 64.2 Å². The van der Waals surface area contributed by atoms with Crippen LogP contribution in [0.2, 0.25) is 5.02 Å². The highest BCUT2D eigenvalue weighted by Crippen LogP contribution is 2.31. The van der Waals surface area contributed by atoms with Gasteiger partial charge in [0.25, 0.3) is 0 Å². The van der Waals surface area contributed by atoms with Gasteiger partial charge in [-0.25, -0.2) is 8.78 Å². The predicted octanol–water partition coefficient (Wildman–Crippen LogP) is 3.71. The molecule has 0 saturated carbocycles. The van der Waals surface area contributed by atoms with Crippen LogP contribution in [0.5, 0.6) is 5.75 Å². The minimum atomic E-state index is -1.20. The second kappa shape index (κ2) is 5.55. The van der Waals surface area contributed by atoms with E-state index in [1.807, 2.05) is 0 Å². The Morgan fingerprint density at radius 3 is 2.53 bits per heavy atom. The van der Waals surface area contributed by atoms with Crippen molar-refractivity contribution in [1.29, 1.82) is 0 Å². The number of hydrogen-bond acceptors (Lipinski definition) is 2. The Morgan fingerprint density at radius 2 is 1.89 bits per heavy atom. The fourth-order valence-corrected chi connectivity index (χ4v) is 1.99. The number of methoxy groups -OCH3 is 1. The minimum absolute atomic E-state index is 0.0706. The summed E-state index contributed by atoms with van der Waals surface area (Å²) in [6.07, 6.45) is -1.20. The van der Waals surface area contributed by atoms with Gasteiger partial charge in [-0.1, -0.05) is 29.8 Å². The zero-order chi connectivity index (χ0) is 14.0. The number of halogens is 3. The first-order valence-electron chi connectivity index (χ1n) is 5.50. The monoisotopic (exact) mass is 284 g/mol. The van der Waals surface area contributed by atoms with Crippen molar-refractivity contribution in [3.63, 3.8) is 0 Å². The van der Waals surface area contributed by atoms with Crippen LogP contribution >= 0.6 is 11.6 Å². The maximum absolute atomic E-state index is 13.6. The molecular weight excluding hydrogens is 274 g/mol. The van der Waals surface area contributed by atoms with E-state index in [9.17, 15) is 13.9 Å². The quantitative estimate of drug-likeness (QED) is 0.931. The summed E-state index contributed by atoms with van der Waals surface area (Å²) in [5, 5.41) is 9.95. The van der Waals surface area contributed by atoms with Crippen molar-refractivity contribution in [2.45, 2.75) is 6.10 Å². The van der Waals surface area contributed by atoms with Crippen LogP contribution in [0, 0.1) is 11.6 Å². The Labute approximate surface area is 114 Å². The summed E-state index contributed by atoms with van der Waals surface area (Å²) in [7, 11) is 1.35. The largest absolute Gasteiger partial charge is 0.494 e. The molecule has 0 spiro atoms. The van der Waals surface area contributed by atoms with Crippen LogP contribution in [0.3, 0.4) is 0 Å². The average Bonchev–Trinajstić information content (AvgIpc) is 2.41. The molecular formula is C14H11ClF2O2. The van der Waals surface area contributed by atoms with E-state index < -0.39 is 17.7 Å². The number of ether oxygens (including phenoxy) is 1. The lowest BCUT2D eigenvalue weighted by molar-refractivity contribution is 0.219. The van der Waals surface area contributed by atoms with Gasteiger partial charge in [-0.3, -0.25) is 0 Å². The van der Waals surface area contributed by atoms with Gasteiger partial charge < -0.3 is 9.84 Å². The van der Waals surface area contributed by atoms with Gasteiger partial charge in [-0.15, -0.1) is 0 Å². The van der Waals surface area contributed by atoms with Gasteiger partial charge in [0.15, 0.2) is 11.6 Å². The Bertz CT molecular complexity index is 602. The molecule has 0 aliphatic heterocycles. The van der Waals surface area contributed by atoms with Crippen LogP contribution < -0.4 is 4.74 Å². The molecule has 1 N–H and O–H groups in total. The van der Waals surface area contributed by atoms with E-state index in [1.54, 1.807) is 0 Å². The van der Waals surface area contributed by atoms with Gasteiger partial charge in [-0.2, -0.15) is 0 Å². The molecule has 2 aromatic rings. The summed E-state index contributed by atoms with van der Waals surface area (Å²) >= 11 is 5.78. The van der Waals surface area contributed by atoms with Crippen LogP contribution in [0.15, 0.2) is 36.4 Å². The average molecular weight is 285 g/mol. The highest BCUT2D eigenvalue weighted by Gasteiger charge is 2.17. The molecule has 0 radical (unpaired) electrons. The highest BCUT2D eigenvalue weighted by atomic mass is 35.5. The molecule has 0 aliphatic carbocycles. The van der Waals surface area contributed by atoms with Crippen molar-refractivity contribution < 1.29 is 18.6 Å². The van der Waals surface area contributed by atoms with Crippen molar-refractivity contribution in [2.75, 3.05) is 7.11 Å². The van der Waals surface area contributed by atoms with E-state index in [2.05, 4.69) is 0 Å². The van der Waals surface area contributed by atoms with Crippen LogP contribution in [0.4, 0.5) is 8.78 Å². The summed E-state index contributed by atoms with van der Waals surface area (Å²) in [6.45, 7) is 0. The smallest absolute Gasteiger partial charge is 0.165 e. The van der Waals surface area contributed by atoms with Crippen molar-refractivity contribution in [3.8, 4) is 5.75 Å². The predicted molar refractivity (Wildman–Crippen MR) is 68.4 cm³/mol. The minimum Gasteiger partial charge on any atom is -0.494 e. The lowest BCUT2D eigenvalue weighted by atomic mass is 10.0. The number of benzene rings is 2. The third-order valence-corrected chi connectivity index (χ3v) is 3.17. The summed E-state index contributed by atoms with van der Waals surface area (Å²) < 4.78 is 31.7. The Hall–Kier alpha value is -1.65. The molecule has 2 nitrogen and oxygen atoms in total. The van der Waals surface area contributed by atoms with E-state index in [0.717, 1.165) is 6.07 Å². The van der Waals surface area contributed by atoms with E-state index in [4.69, 9.17) is 16.3 Å². The first kappa shape index (κ1) is 13.8. The van der Waals surface area contributed by atoms with Gasteiger partial charge in [0.2, 0.25) is 0 Å². The SMILES string of the molecule is COc1ccc(C(O)c2cccc(F)c2Cl)cc1F. The number of aliphatic hydroxyl groups is 1. The summed E-state index contributed by atoms with van der Waals surface area (Å²) in [6, 6.07) is 8.12. The lowest BCUT2D eigenvalue weighted by Gasteiger charge is -2.14. The molecule has 1 unspecified atom stereocenters. The summed E-state index contributed by atoms with van der Waals surface area (Å²) in [5.74, 6) is -1.17. The molecule has 1 atom stereocenters. The maximum atomic E-state index is 13.6. The molecule has 100 valence electrons. The lowest BCUT2D eigenvalue weighted by Crippen LogP contribution is -2.02. The molecule has 0 heterocycles. The summed E-state index contributed by atoms with van der Waals surface area (Å²) in [5.41, 5.74) is 0.456. The summed E-state index contributed by atoms with van der Waals surface area (Å²) in [4.78, 5) is 0. The number of hydrogen-bond donors (Lipinski definition) is 1. The van der Waals surface area contributed by atoms with Crippen molar-refractivity contribution >= 4 is 11.6 Å². The highest BCUT2D eigenvalue weighted by molar-refractivity contribution is 6.31. The maximum Gasteiger partial charge on any atom is 0.165 e.